The molecule has 24 heavy (non-hydrogen) atoms. The molecular formula is C17H24N2O5. The average Bonchev–Trinajstić information content (AvgIpc) is 2.58. The van der Waals surface area contributed by atoms with Gasteiger partial charge in [0.25, 0.3) is 0 Å². The van der Waals surface area contributed by atoms with Gasteiger partial charge in [-0.25, -0.2) is 4.79 Å². The van der Waals surface area contributed by atoms with Gasteiger partial charge in [-0.2, -0.15) is 0 Å². The summed E-state index contributed by atoms with van der Waals surface area (Å²) in [7, 11) is 0. The van der Waals surface area contributed by atoms with Crippen LogP contribution in [0.5, 0.6) is 11.5 Å². The smallest absolute Gasteiger partial charge is 0.409 e. The third kappa shape index (κ3) is 4.31. The van der Waals surface area contributed by atoms with Gasteiger partial charge in [-0.1, -0.05) is 13.0 Å². The minimum Gasteiger partial charge on any atom is -0.504 e. The summed E-state index contributed by atoms with van der Waals surface area (Å²) >= 11 is 0. The Bertz CT molecular complexity index is 597. The van der Waals surface area contributed by atoms with Crippen molar-refractivity contribution in [3.8, 4) is 11.5 Å². The molecule has 2 amide bonds. The highest BCUT2D eigenvalue weighted by molar-refractivity contribution is 5.79. The normalized spacial score (nSPS) is 15.9. The third-order valence-electron chi connectivity index (χ3n) is 4.12. The first-order valence-electron chi connectivity index (χ1n) is 8.13. The molecule has 1 saturated heterocycles. The van der Waals surface area contributed by atoms with Gasteiger partial charge in [0.15, 0.2) is 11.5 Å². The number of nitrogens with zero attached hydrogens (tertiary/aromatic N) is 2. The van der Waals surface area contributed by atoms with Gasteiger partial charge in [0.1, 0.15) is 0 Å². The third-order valence-corrected chi connectivity index (χ3v) is 4.12. The van der Waals surface area contributed by atoms with E-state index in [-0.39, 0.29) is 29.4 Å². The predicted octanol–water partition coefficient (Wildman–Crippen LogP) is 1.58. The van der Waals surface area contributed by atoms with E-state index in [4.69, 9.17) is 4.74 Å². The second-order valence-electron chi connectivity index (χ2n) is 5.94. The average molecular weight is 336 g/mol. The van der Waals surface area contributed by atoms with Crippen molar-refractivity contribution in [2.45, 2.75) is 20.3 Å². The molecule has 0 aromatic heterocycles. The highest BCUT2D eigenvalue weighted by atomic mass is 16.6. The van der Waals surface area contributed by atoms with Crippen LogP contribution in [0.3, 0.4) is 0 Å². The Morgan fingerprint density at radius 1 is 1.12 bits per heavy atom. The van der Waals surface area contributed by atoms with E-state index in [1.165, 1.54) is 12.1 Å². The van der Waals surface area contributed by atoms with Gasteiger partial charge in [-0.3, -0.25) is 4.79 Å². The lowest BCUT2D eigenvalue weighted by Gasteiger charge is -2.35. The molecule has 7 heteroatoms. The zero-order valence-corrected chi connectivity index (χ0v) is 14.1. The molecule has 0 bridgehead atoms. The van der Waals surface area contributed by atoms with Crippen LogP contribution in [0.25, 0.3) is 0 Å². The predicted molar refractivity (Wildman–Crippen MR) is 87.8 cm³/mol. The highest BCUT2D eigenvalue weighted by Crippen LogP contribution is 2.26. The van der Waals surface area contributed by atoms with Crippen LogP contribution in [0.4, 0.5) is 4.79 Å². The van der Waals surface area contributed by atoms with E-state index in [1.54, 1.807) is 22.8 Å². The van der Waals surface area contributed by atoms with Crippen molar-refractivity contribution in [3.05, 3.63) is 23.8 Å². The highest BCUT2D eigenvalue weighted by Gasteiger charge is 2.27. The molecule has 2 rings (SSSR count). The van der Waals surface area contributed by atoms with Crippen molar-refractivity contribution in [1.29, 1.82) is 0 Å². The van der Waals surface area contributed by atoms with Crippen LogP contribution in [0.2, 0.25) is 0 Å². The minimum absolute atomic E-state index is 0.0195. The molecule has 1 unspecified atom stereocenters. The molecule has 1 aromatic carbocycles. The van der Waals surface area contributed by atoms with E-state index >= 15 is 0 Å². The monoisotopic (exact) mass is 336 g/mol. The summed E-state index contributed by atoms with van der Waals surface area (Å²) < 4.78 is 4.96. The molecule has 1 aliphatic rings. The Labute approximate surface area is 141 Å². The molecule has 1 fully saturated rings. The molecule has 0 saturated carbocycles. The molecule has 132 valence electrons. The number of rotatable bonds is 4. The Balaban J connectivity index is 1.87. The van der Waals surface area contributed by atoms with Crippen LogP contribution in [0.1, 0.15) is 19.4 Å². The zero-order valence-electron chi connectivity index (χ0n) is 14.1. The lowest BCUT2D eigenvalue weighted by atomic mass is 9.99. The van der Waals surface area contributed by atoms with Crippen molar-refractivity contribution in [3.63, 3.8) is 0 Å². The molecular weight excluding hydrogens is 312 g/mol. The Morgan fingerprint density at radius 3 is 2.33 bits per heavy atom. The van der Waals surface area contributed by atoms with E-state index in [1.807, 2.05) is 6.92 Å². The quantitative estimate of drug-likeness (QED) is 0.815. The Kier molecular flexibility index (Phi) is 5.89. The van der Waals surface area contributed by atoms with E-state index in [0.29, 0.717) is 39.2 Å². The first-order valence-corrected chi connectivity index (χ1v) is 8.13. The number of ether oxygens (including phenoxy) is 1. The summed E-state index contributed by atoms with van der Waals surface area (Å²) in [6, 6.07) is 4.58. The fourth-order valence-corrected chi connectivity index (χ4v) is 2.77. The number of phenolic OH excluding ortho intramolecular Hbond substituents is 2. The second kappa shape index (κ2) is 7.90. The van der Waals surface area contributed by atoms with E-state index < -0.39 is 0 Å². The number of benzene rings is 1. The van der Waals surface area contributed by atoms with Crippen molar-refractivity contribution >= 4 is 12.0 Å². The summed E-state index contributed by atoms with van der Waals surface area (Å²) in [5, 5.41) is 18.9. The standard InChI is InChI=1S/C17H24N2O5/c1-3-24-17(23)19-8-6-18(7-9-19)16(22)12(2)10-13-4-5-14(20)15(21)11-13/h4-5,11-12,20-21H,3,6-10H2,1-2H3. The fraction of sp³-hybridized carbons (Fsp3) is 0.529. The molecule has 0 aliphatic carbocycles. The maximum Gasteiger partial charge on any atom is 0.409 e. The maximum absolute atomic E-state index is 12.5. The molecule has 7 nitrogen and oxygen atoms in total. The van der Waals surface area contributed by atoms with E-state index in [2.05, 4.69) is 0 Å². The van der Waals surface area contributed by atoms with Crippen molar-refractivity contribution in [1.82, 2.24) is 9.80 Å². The van der Waals surface area contributed by atoms with Crippen LogP contribution in [-0.2, 0) is 16.0 Å². The van der Waals surface area contributed by atoms with Crippen LogP contribution in [0.15, 0.2) is 18.2 Å². The van der Waals surface area contributed by atoms with Crippen molar-refractivity contribution in [2.75, 3.05) is 32.8 Å². The number of phenols is 2. The molecule has 1 aromatic rings. The van der Waals surface area contributed by atoms with Crippen LogP contribution >= 0.6 is 0 Å². The summed E-state index contributed by atoms with van der Waals surface area (Å²) in [5.74, 6) is -0.586. The molecule has 0 spiro atoms. The Hall–Kier alpha value is -2.44. The van der Waals surface area contributed by atoms with Gasteiger partial charge < -0.3 is 24.7 Å². The molecule has 1 atom stereocenters. The van der Waals surface area contributed by atoms with E-state index in [9.17, 15) is 19.8 Å². The fourth-order valence-electron chi connectivity index (χ4n) is 2.77. The number of carbonyl (C=O) groups excluding carboxylic acids is 2. The van der Waals surface area contributed by atoms with Crippen LogP contribution < -0.4 is 0 Å². The van der Waals surface area contributed by atoms with Gasteiger partial charge in [0.05, 0.1) is 6.61 Å². The van der Waals surface area contributed by atoms with Crippen LogP contribution in [-0.4, -0.2) is 64.8 Å². The summed E-state index contributed by atoms with van der Waals surface area (Å²) in [6.07, 6.45) is 0.141. The van der Waals surface area contributed by atoms with Gasteiger partial charge in [-0.15, -0.1) is 0 Å². The number of carbonyl (C=O) groups is 2. The van der Waals surface area contributed by atoms with Gasteiger partial charge in [-0.05, 0) is 31.0 Å². The number of aromatic hydroxyl groups is 2. The molecule has 1 heterocycles. The van der Waals surface area contributed by atoms with E-state index in [0.717, 1.165) is 5.56 Å². The number of hydrogen-bond donors (Lipinski definition) is 2. The van der Waals surface area contributed by atoms with Gasteiger partial charge in [0, 0.05) is 32.1 Å². The largest absolute Gasteiger partial charge is 0.504 e. The minimum atomic E-state index is -0.336. The first kappa shape index (κ1) is 17.9. The van der Waals surface area contributed by atoms with Crippen molar-refractivity contribution in [2.24, 2.45) is 5.92 Å². The lowest BCUT2D eigenvalue weighted by molar-refractivity contribution is -0.136. The van der Waals surface area contributed by atoms with Gasteiger partial charge in [0.2, 0.25) is 5.91 Å². The van der Waals surface area contributed by atoms with Crippen molar-refractivity contribution < 1.29 is 24.5 Å². The maximum atomic E-state index is 12.5. The Morgan fingerprint density at radius 2 is 1.75 bits per heavy atom. The number of hydrogen-bond acceptors (Lipinski definition) is 5. The van der Waals surface area contributed by atoms with Crippen LogP contribution in [0, 0.1) is 5.92 Å². The molecule has 0 radical (unpaired) electrons. The lowest BCUT2D eigenvalue weighted by Crippen LogP contribution is -2.52. The molecule has 1 aliphatic heterocycles. The second-order valence-corrected chi connectivity index (χ2v) is 5.94. The number of amides is 2. The summed E-state index contributed by atoms with van der Waals surface area (Å²) in [6.45, 7) is 5.86. The topological polar surface area (TPSA) is 90.3 Å². The molecule has 2 N–H and O–H groups in total. The first-order chi connectivity index (χ1) is 11.4. The summed E-state index contributed by atoms with van der Waals surface area (Å²) in [4.78, 5) is 27.6. The summed E-state index contributed by atoms with van der Waals surface area (Å²) in [5.41, 5.74) is 0.788. The number of piperazine rings is 1. The SMILES string of the molecule is CCOC(=O)N1CCN(C(=O)C(C)Cc2ccc(O)c(O)c2)CC1. The zero-order chi connectivity index (χ0) is 17.7. The van der Waals surface area contributed by atoms with Gasteiger partial charge >= 0.3 is 6.09 Å².